The fourth-order valence-electron chi connectivity index (χ4n) is 2.55. The molecule has 0 atom stereocenters. The molecule has 0 aliphatic carbocycles. The number of hydrogen-bond donors (Lipinski definition) is 2. The summed E-state index contributed by atoms with van der Waals surface area (Å²) >= 11 is 6.04. The molecule has 0 unspecified atom stereocenters. The molecule has 2 N–H and O–H groups in total. The van der Waals surface area contributed by atoms with Gasteiger partial charge >= 0.3 is 0 Å². The van der Waals surface area contributed by atoms with Crippen molar-refractivity contribution in [2.75, 3.05) is 10.0 Å². The molecule has 0 aliphatic heterocycles. The summed E-state index contributed by atoms with van der Waals surface area (Å²) in [4.78, 5) is 12.3. The highest BCUT2D eigenvalue weighted by Crippen LogP contribution is 2.26. The number of carbonyl (C=O) groups excluding carboxylic acids is 1. The summed E-state index contributed by atoms with van der Waals surface area (Å²) in [5.41, 5.74) is 3.16. The highest BCUT2D eigenvalue weighted by Gasteiger charge is 2.16. The van der Waals surface area contributed by atoms with Crippen LogP contribution in [0.1, 0.15) is 21.5 Å². The summed E-state index contributed by atoms with van der Waals surface area (Å²) in [6, 6.07) is 18.2. The summed E-state index contributed by atoms with van der Waals surface area (Å²) < 4.78 is 27.8. The Morgan fingerprint density at radius 3 is 2.18 bits per heavy atom. The second-order valence-electron chi connectivity index (χ2n) is 6.36. The zero-order valence-electron chi connectivity index (χ0n) is 15.4. The van der Waals surface area contributed by atoms with Crippen LogP contribution in [0.3, 0.4) is 0 Å². The van der Waals surface area contributed by atoms with Crippen LogP contribution in [0.15, 0.2) is 71.6 Å². The van der Waals surface area contributed by atoms with E-state index in [1.54, 1.807) is 49.4 Å². The van der Waals surface area contributed by atoms with Crippen molar-refractivity contribution < 1.29 is 13.2 Å². The van der Waals surface area contributed by atoms with E-state index < -0.39 is 10.0 Å². The zero-order valence-corrected chi connectivity index (χ0v) is 16.9. The second kappa shape index (κ2) is 8.04. The van der Waals surface area contributed by atoms with E-state index in [2.05, 4.69) is 10.0 Å². The van der Waals surface area contributed by atoms with Crippen LogP contribution < -0.4 is 10.0 Å². The van der Waals surface area contributed by atoms with E-state index in [9.17, 15) is 13.2 Å². The van der Waals surface area contributed by atoms with Gasteiger partial charge in [0.25, 0.3) is 15.9 Å². The van der Waals surface area contributed by atoms with Crippen LogP contribution in [0.5, 0.6) is 0 Å². The smallest absolute Gasteiger partial charge is 0.261 e. The first kappa shape index (κ1) is 19.9. The van der Waals surface area contributed by atoms with Gasteiger partial charge in [-0.1, -0.05) is 35.4 Å². The third-order valence-electron chi connectivity index (χ3n) is 4.25. The van der Waals surface area contributed by atoms with Crippen LogP contribution >= 0.6 is 11.6 Å². The number of nitrogens with one attached hydrogen (secondary N) is 2. The van der Waals surface area contributed by atoms with Crippen molar-refractivity contribution in [1.29, 1.82) is 0 Å². The maximum Gasteiger partial charge on any atom is 0.261 e. The van der Waals surface area contributed by atoms with Crippen LogP contribution in [0.4, 0.5) is 11.4 Å². The van der Waals surface area contributed by atoms with Crippen LogP contribution in [0.2, 0.25) is 5.02 Å². The lowest BCUT2D eigenvalue weighted by atomic mass is 10.1. The average Bonchev–Trinajstić information content (AvgIpc) is 2.66. The van der Waals surface area contributed by atoms with Crippen LogP contribution in [-0.2, 0) is 10.0 Å². The third kappa shape index (κ3) is 4.52. The summed E-state index contributed by atoms with van der Waals surface area (Å²) in [5, 5.41) is 3.23. The molecule has 0 spiro atoms. The molecule has 0 aromatic heterocycles. The highest BCUT2D eigenvalue weighted by molar-refractivity contribution is 7.92. The molecule has 0 saturated heterocycles. The Kier molecular flexibility index (Phi) is 5.72. The largest absolute Gasteiger partial charge is 0.322 e. The molecule has 28 heavy (non-hydrogen) atoms. The van der Waals surface area contributed by atoms with Gasteiger partial charge in [-0.2, -0.15) is 0 Å². The third-order valence-corrected chi connectivity index (χ3v) is 6.04. The number of hydrogen-bond acceptors (Lipinski definition) is 3. The Hall–Kier alpha value is -2.83. The fourth-order valence-corrected chi connectivity index (χ4v) is 3.84. The minimum absolute atomic E-state index is 0.0835. The predicted molar refractivity (Wildman–Crippen MR) is 113 cm³/mol. The van der Waals surface area contributed by atoms with Gasteiger partial charge in [0.05, 0.1) is 10.6 Å². The van der Waals surface area contributed by atoms with Gasteiger partial charge in [0, 0.05) is 16.3 Å². The number of aryl methyl sites for hydroxylation is 1. The molecular formula is C21H19ClN2O3S. The molecule has 7 heteroatoms. The predicted octanol–water partition coefficient (Wildman–Crippen LogP) is 5.01. The van der Waals surface area contributed by atoms with Gasteiger partial charge < -0.3 is 5.32 Å². The van der Waals surface area contributed by atoms with Crippen molar-refractivity contribution in [2.45, 2.75) is 18.7 Å². The van der Waals surface area contributed by atoms with Gasteiger partial charge in [0.1, 0.15) is 0 Å². The van der Waals surface area contributed by atoms with E-state index >= 15 is 0 Å². The van der Waals surface area contributed by atoms with Gasteiger partial charge in [-0.15, -0.1) is 0 Å². The molecule has 0 radical (unpaired) electrons. The Labute approximate surface area is 169 Å². The van der Waals surface area contributed by atoms with Crippen LogP contribution in [-0.4, -0.2) is 14.3 Å². The molecule has 0 fully saturated rings. The molecular weight excluding hydrogens is 396 g/mol. The lowest BCUT2D eigenvalue weighted by Crippen LogP contribution is -2.14. The van der Waals surface area contributed by atoms with Gasteiger partial charge in [-0.25, -0.2) is 8.42 Å². The zero-order chi connectivity index (χ0) is 20.3. The number of rotatable bonds is 5. The number of carbonyl (C=O) groups is 1. The lowest BCUT2D eigenvalue weighted by molar-refractivity contribution is 0.102. The SMILES string of the molecule is Cc1ccc(C(=O)Nc2ccc(S(=O)(=O)Nc3cccc(Cl)c3C)cc2)cc1. The van der Waals surface area contributed by atoms with Crippen molar-refractivity contribution in [1.82, 2.24) is 0 Å². The first-order valence-corrected chi connectivity index (χ1v) is 10.4. The molecule has 3 rings (SSSR count). The molecule has 3 aromatic rings. The van der Waals surface area contributed by atoms with Gasteiger partial charge in [-0.05, 0) is 67.9 Å². The molecule has 144 valence electrons. The minimum atomic E-state index is -3.78. The summed E-state index contributed by atoms with van der Waals surface area (Å²) in [6.07, 6.45) is 0. The quantitative estimate of drug-likeness (QED) is 0.616. The van der Waals surface area contributed by atoms with E-state index in [1.807, 2.05) is 19.1 Å². The van der Waals surface area contributed by atoms with Gasteiger partial charge in [-0.3, -0.25) is 9.52 Å². The second-order valence-corrected chi connectivity index (χ2v) is 8.45. The standard InChI is InChI=1S/C21H19ClN2O3S/c1-14-6-8-16(9-7-14)21(25)23-17-10-12-18(13-11-17)28(26,27)24-20-5-3-4-19(22)15(20)2/h3-13,24H,1-2H3,(H,23,25). The molecule has 0 aliphatic rings. The number of benzene rings is 3. The number of anilines is 2. The molecule has 5 nitrogen and oxygen atoms in total. The van der Waals surface area contributed by atoms with Crippen molar-refractivity contribution in [3.63, 3.8) is 0 Å². The summed E-state index contributed by atoms with van der Waals surface area (Å²) in [6.45, 7) is 3.68. The summed E-state index contributed by atoms with van der Waals surface area (Å²) in [7, 11) is -3.78. The summed E-state index contributed by atoms with van der Waals surface area (Å²) in [5.74, 6) is -0.261. The van der Waals surface area contributed by atoms with Gasteiger partial charge in [0.15, 0.2) is 0 Å². The van der Waals surface area contributed by atoms with Crippen molar-refractivity contribution in [3.8, 4) is 0 Å². The van der Waals surface area contributed by atoms with Gasteiger partial charge in [0.2, 0.25) is 0 Å². The van der Waals surface area contributed by atoms with Crippen molar-refractivity contribution in [2.24, 2.45) is 0 Å². The number of halogens is 1. The molecule has 1 amide bonds. The first-order valence-electron chi connectivity index (χ1n) is 8.52. The van der Waals surface area contributed by atoms with Crippen molar-refractivity contribution in [3.05, 3.63) is 88.4 Å². The van der Waals surface area contributed by atoms with E-state index in [0.717, 1.165) is 5.56 Å². The van der Waals surface area contributed by atoms with E-state index in [0.29, 0.717) is 27.5 Å². The Balaban J connectivity index is 1.75. The highest BCUT2D eigenvalue weighted by atomic mass is 35.5. The van der Waals surface area contributed by atoms with E-state index in [-0.39, 0.29) is 10.8 Å². The van der Waals surface area contributed by atoms with Crippen molar-refractivity contribution >= 4 is 38.9 Å². The first-order chi connectivity index (χ1) is 13.3. The van der Waals surface area contributed by atoms with E-state index in [1.165, 1.54) is 12.1 Å². The normalized spacial score (nSPS) is 11.1. The van der Waals surface area contributed by atoms with Crippen LogP contribution in [0, 0.1) is 13.8 Å². The average molecular weight is 415 g/mol. The fraction of sp³-hybridized carbons (Fsp3) is 0.0952. The number of sulfonamides is 1. The Morgan fingerprint density at radius 1 is 0.893 bits per heavy atom. The van der Waals surface area contributed by atoms with Crippen LogP contribution in [0.25, 0.3) is 0 Å². The maximum atomic E-state index is 12.6. The lowest BCUT2D eigenvalue weighted by Gasteiger charge is -2.12. The Morgan fingerprint density at radius 2 is 1.54 bits per heavy atom. The molecule has 3 aromatic carbocycles. The Bertz CT molecular complexity index is 1110. The topological polar surface area (TPSA) is 75.3 Å². The molecule has 0 bridgehead atoms. The molecule has 0 heterocycles. The maximum absolute atomic E-state index is 12.6. The van der Waals surface area contributed by atoms with E-state index in [4.69, 9.17) is 11.6 Å². The monoisotopic (exact) mass is 414 g/mol. The number of amides is 1. The minimum Gasteiger partial charge on any atom is -0.322 e. The molecule has 0 saturated carbocycles.